The zero-order chi connectivity index (χ0) is 14.0. The molecule has 1 N–H and O–H groups in total. The fraction of sp³-hybridized carbons (Fsp3) is 0.400. The summed E-state index contributed by atoms with van der Waals surface area (Å²) in [4.78, 5) is 13.4. The van der Waals surface area contributed by atoms with Crippen LogP contribution in [0, 0.1) is 13.8 Å². The standard InChI is InChI=1S/C15H20N4/c1-9(2)13-11(4)18-14(19-15(13)16-5)12-6-7-17-8-10(12)3/h6-9H,1-5H3,(H,16,18,19). The molecule has 4 heteroatoms. The van der Waals surface area contributed by atoms with E-state index in [1.807, 2.05) is 33.2 Å². The van der Waals surface area contributed by atoms with Crippen LogP contribution in [0.25, 0.3) is 11.4 Å². The molecule has 100 valence electrons. The van der Waals surface area contributed by atoms with Gasteiger partial charge in [0.25, 0.3) is 0 Å². The van der Waals surface area contributed by atoms with Crippen molar-refractivity contribution >= 4 is 5.82 Å². The van der Waals surface area contributed by atoms with E-state index >= 15 is 0 Å². The fourth-order valence-electron chi connectivity index (χ4n) is 2.31. The van der Waals surface area contributed by atoms with Crippen LogP contribution in [0.1, 0.15) is 36.6 Å². The van der Waals surface area contributed by atoms with Crippen molar-refractivity contribution in [1.29, 1.82) is 0 Å². The van der Waals surface area contributed by atoms with Gasteiger partial charge in [0.15, 0.2) is 5.82 Å². The lowest BCUT2D eigenvalue weighted by molar-refractivity contribution is 0.833. The number of aryl methyl sites for hydroxylation is 2. The normalized spacial score (nSPS) is 10.8. The van der Waals surface area contributed by atoms with E-state index in [1.54, 1.807) is 6.20 Å². The Hall–Kier alpha value is -1.97. The zero-order valence-corrected chi connectivity index (χ0v) is 12.2. The molecule has 0 spiro atoms. The molecule has 19 heavy (non-hydrogen) atoms. The number of hydrogen-bond donors (Lipinski definition) is 1. The molecule has 0 aliphatic heterocycles. The number of pyridine rings is 1. The van der Waals surface area contributed by atoms with Crippen molar-refractivity contribution in [3.8, 4) is 11.4 Å². The average molecular weight is 256 g/mol. The lowest BCUT2D eigenvalue weighted by Crippen LogP contribution is -2.07. The van der Waals surface area contributed by atoms with E-state index < -0.39 is 0 Å². The minimum absolute atomic E-state index is 0.398. The summed E-state index contributed by atoms with van der Waals surface area (Å²) in [5, 5.41) is 3.18. The molecule has 2 heterocycles. The van der Waals surface area contributed by atoms with Crippen LogP contribution >= 0.6 is 0 Å². The summed E-state index contributed by atoms with van der Waals surface area (Å²) in [5.41, 5.74) is 4.32. The summed E-state index contributed by atoms with van der Waals surface area (Å²) in [6, 6.07) is 1.96. The van der Waals surface area contributed by atoms with Crippen molar-refractivity contribution < 1.29 is 0 Å². The Labute approximate surface area is 114 Å². The van der Waals surface area contributed by atoms with Crippen molar-refractivity contribution in [2.75, 3.05) is 12.4 Å². The third kappa shape index (κ3) is 2.57. The highest BCUT2D eigenvalue weighted by Gasteiger charge is 2.15. The topological polar surface area (TPSA) is 50.7 Å². The maximum Gasteiger partial charge on any atom is 0.162 e. The van der Waals surface area contributed by atoms with Gasteiger partial charge < -0.3 is 5.32 Å². The van der Waals surface area contributed by atoms with Crippen LogP contribution in [-0.4, -0.2) is 22.0 Å². The molecule has 0 saturated heterocycles. The predicted octanol–water partition coefficient (Wildman–Crippen LogP) is 3.32. The second kappa shape index (κ2) is 5.34. The summed E-state index contributed by atoms with van der Waals surface area (Å²) < 4.78 is 0. The van der Waals surface area contributed by atoms with Gasteiger partial charge in [-0.05, 0) is 31.4 Å². The third-order valence-corrected chi connectivity index (χ3v) is 3.21. The molecule has 2 aromatic heterocycles. The summed E-state index contributed by atoms with van der Waals surface area (Å²) >= 11 is 0. The maximum atomic E-state index is 4.66. The third-order valence-electron chi connectivity index (χ3n) is 3.21. The van der Waals surface area contributed by atoms with Crippen LogP contribution in [0.3, 0.4) is 0 Å². The molecule has 2 aromatic rings. The van der Waals surface area contributed by atoms with E-state index in [2.05, 4.69) is 34.1 Å². The number of hydrogen-bond acceptors (Lipinski definition) is 4. The van der Waals surface area contributed by atoms with Gasteiger partial charge in [0.05, 0.1) is 0 Å². The van der Waals surface area contributed by atoms with Crippen molar-refractivity contribution in [1.82, 2.24) is 15.0 Å². The van der Waals surface area contributed by atoms with Gasteiger partial charge in [0.1, 0.15) is 5.82 Å². The molecule has 0 aliphatic carbocycles. The largest absolute Gasteiger partial charge is 0.373 e. The van der Waals surface area contributed by atoms with Gasteiger partial charge in [0, 0.05) is 36.3 Å². The Bertz CT molecular complexity index is 591. The van der Waals surface area contributed by atoms with Crippen molar-refractivity contribution in [3.63, 3.8) is 0 Å². The van der Waals surface area contributed by atoms with Crippen molar-refractivity contribution in [2.24, 2.45) is 0 Å². The first-order valence-corrected chi connectivity index (χ1v) is 6.51. The van der Waals surface area contributed by atoms with Gasteiger partial charge in [0.2, 0.25) is 0 Å². The lowest BCUT2D eigenvalue weighted by atomic mass is 10.0. The first kappa shape index (κ1) is 13.5. The number of anilines is 1. The molecule has 0 amide bonds. The van der Waals surface area contributed by atoms with Crippen LogP contribution in [-0.2, 0) is 0 Å². The summed E-state index contributed by atoms with van der Waals surface area (Å²) in [5.74, 6) is 2.06. The zero-order valence-electron chi connectivity index (χ0n) is 12.2. The van der Waals surface area contributed by atoms with Crippen molar-refractivity contribution in [3.05, 3.63) is 35.3 Å². The summed E-state index contributed by atoms with van der Waals surface area (Å²) in [7, 11) is 1.90. The van der Waals surface area contributed by atoms with E-state index in [4.69, 9.17) is 0 Å². The van der Waals surface area contributed by atoms with Gasteiger partial charge in [-0.2, -0.15) is 0 Å². The Morgan fingerprint density at radius 3 is 2.47 bits per heavy atom. The Kier molecular flexibility index (Phi) is 3.79. The molecule has 0 aliphatic rings. The Balaban J connectivity index is 2.62. The molecular formula is C15H20N4. The first-order valence-electron chi connectivity index (χ1n) is 6.51. The van der Waals surface area contributed by atoms with Gasteiger partial charge in [-0.1, -0.05) is 13.8 Å². The number of rotatable bonds is 3. The second-order valence-electron chi connectivity index (χ2n) is 4.99. The molecule has 0 fully saturated rings. The number of nitrogens with one attached hydrogen (secondary N) is 1. The fourth-order valence-corrected chi connectivity index (χ4v) is 2.31. The minimum Gasteiger partial charge on any atom is -0.373 e. The van der Waals surface area contributed by atoms with E-state index in [0.29, 0.717) is 5.92 Å². The summed E-state index contributed by atoms with van der Waals surface area (Å²) in [6.45, 7) is 8.38. The highest BCUT2D eigenvalue weighted by atomic mass is 15.0. The molecule has 0 atom stereocenters. The van der Waals surface area contributed by atoms with Crippen LogP contribution in [0.5, 0.6) is 0 Å². The molecule has 4 nitrogen and oxygen atoms in total. The van der Waals surface area contributed by atoms with Gasteiger partial charge in [-0.3, -0.25) is 4.98 Å². The monoisotopic (exact) mass is 256 g/mol. The van der Waals surface area contributed by atoms with Crippen molar-refractivity contribution in [2.45, 2.75) is 33.6 Å². The smallest absolute Gasteiger partial charge is 0.162 e. The Morgan fingerprint density at radius 1 is 1.16 bits per heavy atom. The Morgan fingerprint density at radius 2 is 1.89 bits per heavy atom. The minimum atomic E-state index is 0.398. The summed E-state index contributed by atoms with van der Waals surface area (Å²) in [6.07, 6.45) is 3.61. The van der Waals surface area contributed by atoms with Crippen LogP contribution < -0.4 is 5.32 Å². The SMILES string of the molecule is CNc1nc(-c2ccncc2C)nc(C)c1C(C)C. The van der Waals surface area contributed by atoms with Crippen LogP contribution in [0.2, 0.25) is 0 Å². The van der Waals surface area contributed by atoms with Gasteiger partial charge in [-0.15, -0.1) is 0 Å². The van der Waals surface area contributed by atoms with Gasteiger partial charge in [-0.25, -0.2) is 9.97 Å². The highest BCUT2D eigenvalue weighted by molar-refractivity contribution is 5.62. The van der Waals surface area contributed by atoms with Gasteiger partial charge >= 0.3 is 0 Å². The highest BCUT2D eigenvalue weighted by Crippen LogP contribution is 2.28. The molecule has 0 aromatic carbocycles. The quantitative estimate of drug-likeness (QED) is 0.915. The van der Waals surface area contributed by atoms with E-state index in [1.165, 1.54) is 5.56 Å². The first-order chi connectivity index (χ1) is 9.04. The second-order valence-corrected chi connectivity index (χ2v) is 4.99. The average Bonchev–Trinajstić information content (AvgIpc) is 2.37. The number of nitrogens with zero attached hydrogens (tertiary/aromatic N) is 3. The number of aromatic nitrogens is 3. The van der Waals surface area contributed by atoms with E-state index in [9.17, 15) is 0 Å². The molecule has 0 bridgehead atoms. The van der Waals surface area contributed by atoms with E-state index in [0.717, 1.165) is 28.5 Å². The molecule has 0 unspecified atom stereocenters. The van der Waals surface area contributed by atoms with E-state index in [-0.39, 0.29) is 0 Å². The molecule has 2 rings (SSSR count). The predicted molar refractivity (Wildman–Crippen MR) is 78.4 cm³/mol. The maximum absolute atomic E-state index is 4.66. The molecule has 0 radical (unpaired) electrons. The van der Waals surface area contributed by atoms with Crippen LogP contribution in [0.4, 0.5) is 5.82 Å². The molecule has 0 saturated carbocycles. The van der Waals surface area contributed by atoms with Crippen LogP contribution in [0.15, 0.2) is 18.5 Å². The lowest BCUT2D eigenvalue weighted by Gasteiger charge is -2.16. The molecular weight excluding hydrogens is 236 g/mol.